The zero-order valence-electron chi connectivity index (χ0n) is 14.3. The van der Waals surface area contributed by atoms with Crippen LogP contribution in [0.15, 0.2) is 30.6 Å². The van der Waals surface area contributed by atoms with Crippen LogP contribution in [0.1, 0.15) is 47.6 Å². The first-order valence-electron chi connectivity index (χ1n) is 8.29. The van der Waals surface area contributed by atoms with Crippen LogP contribution in [0.4, 0.5) is 10.1 Å². The number of nitrogens with zero attached hydrogens (tertiary/aromatic N) is 2. The molecule has 2 aromatic rings. The van der Waals surface area contributed by atoms with E-state index in [0.717, 1.165) is 12.1 Å². The lowest BCUT2D eigenvalue weighted by molar-refractivity contribution is 0.0275. The van der Waals surface area contributed by atoms with E-state index in [9.17, 15) is 9.18 Å². The number of ether oxygens (including phenoxy) is 1. The van der Waals surface area contributed by atoms with Crippen molar-refractivity contribution in [2.75, 3.05) is 25.0 Å². The highest BCUT2D eigenvalue weighted by atomic mass is 19.1. The summed E-state index contributed by atoms with van der Waals surface area (Å²) in [5, 5.41) is 5.75. The number of halogens is 1. The van der Waals surface area contributed by atoms with Gasteiger partial charge >= 0.3 is 0 Å². The Balaban J connectivity index is 1.74. The number of anilines is 1. The fraction of sp³-hybridized carbons (Fsp3) is 0.389. The molecule has 1 aromatic carbocycles. The van der Waals surface area contributed by atoms with Crippen molar-refractivity contribution in [3.8, 4) is 0 Å². The van der Waals surface area contributed by atoms with Gasteiger partial charge in [0, 0.05) is 19.3 Å². The lowest BCUT2D eigenvalue weighted by atomic mass is 10.1. The summed E-state index contributed by atoms with van der Waals surface area (Å²) in [6.45, 7) is 5.96. The second-order valence-corrected chi connectivity index (χ2v) is 6.24. The molecule has 132 valence electrons. The van der Waals surface area contributed by atoms with Crippen LogP contribution in [0.25, 0.3) is 0 Å². The number of aromatic nitrogens is 2. The maximum atomic E-state index is 14.4. The standard InChI is InChI=1S/C18H21FN4O2/c1-11(2)15-8-21-9-16(22-15)18(24)23-14-4-3-12(7-13(14)19)17-10-20-5-6-25-17/h3-4,7-9,11,17,20H,5-6,10H2,1-2H3,(H,23,24)/t17-/m1/s1. The smallest absolute Gasteiger partial charge is 0.275 e. The summed E-state index contributed by atoms with van der Waals surface area (Å²) in [6, 6.07) is 4.69. The maximum Gasteiger partial charge on any atom is 0.275 e. The molecule has 25 heavy (non-hydrogen) atoms. The third-order valence-corrected chi connectivity index (χ3v) is 4.02. The van der Waals surface area contributed by atoms with Crippen LogP contribution in [-0.4, -0.2) is 35.6 Å². The molecule has 2 heterocycles. The highest BCUT2D eigenvalue weighted by molar-refractivity contribution is 6.02. The molecular weight excluding hydrogens is 323 g/mol. The van der Waals surface area contributed by atoms with Gasteiger partial charge in [-0.3, -0.25) is 9.78 Å². The van der Waals surface area contributed by atoms with E-state index in [-0.39, 0.29) is 23.4 Å². The highest BCUT2D eigenvalue weighted by Crippen LogP contribution is 2.24. The molecular formula is C18H21FN4O2. The van der Waals surface area contributed by atoms with Crippen molar-refractivity contribution in [1.82, 2.24) is 15.3 Å². The van der Waals surface area contributed by atoms with Crippen LogP contribution in [0.3, 0.4) is 0 Å². The Bertz CT molecular complexity index is 760. The molecule has 1 aliphatic heterocycles. The number of carbonyl (C=O) groups is 1. The Labute approximate surface area is 145 Å². The molecule has 2 N–H and O–H groups in total. The predicted octanol–water partition coefficient (Wildman–Crippen LogP) is 2.65. The van der Waals surface area contributed by atoms with Gasteiger partial charge in [-0.15, -0.1) is 0 Å². The second-order valence-electron chi connectivity index (χ2n) is 6.24. The van der Waals surface area contributed by atoms with Crippen molar-refractivity contribution in [1.29, 1.82) is 0 Å². The van der Waals surface area contributed by atoms with E-state index in [4.69, 9.17) is 4.74 Å². The molecule has 1 aliphatic rings. The second kappa shape index (κ2) is 7.67. The van der Waals surface area contributed by atoms with Gasteiger partial charge < -0.3 is 15.4 Å². The molecule has 1 aromatic heterocycles. The molecule has 1 amide bonds. The van der Waals surface area contributed by atoms with Crippen molar-refractivity contribution in [2.24, 2.45) is 0 Å². The summed E-state index contributed by atoms with van der Waals surface area (Å²) < 4.78 is 20.0. The minimum absolute atomic E-state index is 0.106. The molecule has 6 nitrogen and oxygen atoms in total. The van der Waals surface area contributed by atoms with Gasteiger partial charge in [-0.25, -0.2) is 9.37 Å². The maximum absolute atomic E-state index is 14.4. The van der Waals surface area contributed by atoms with Crippen LogP contribution in [0.2, 0.25) is 0 Å². The van der Waals surface area contributed by atoms with Crippen LogP contribution in [0, 0.1) is 5.82 Å². The van der Waals surface area contributed by atoms with Gasteiger partial charge in [0.25, 0.3) is 5.91 Å². The van der Waals surface area contributed by atoms with Crippen molar-refractivity contribution >= 4 is 11.6 Å². The Morgan fingerprint density at radius 1 is 1.40 bits per heavy atom. The van der Waals surface area contributed by atoms with Gasteiger partial charge in [0.2, 0.25) is 0 Å². The average Bonchev–Trinajstić information content (AvgIpc) is 2.64. The molecule has 0 spiro atoms. The van der Waals surface area contributed by atoms with Crippen molar-refractivity contribution in [3.63, 3.8) is 0 Å². The molecule has 3 rings (SSSR count). The van der Waals surface area contributed by atoms with Crippen molar-refractivity contribution in [3.05, 3.63) is 53.4 Å². The topological polar surface area (TPSA) is 76.1 Å². The number of rotatable bonds is 4. The van der Waals surface area contributed by atoms with Crippen molar-refractivity contribution in [2.45, 2.75) is 25.9 Å². The van der Waals surface area contributed by atoms with E-state index in [1.165, 1.54) is 12.3 Å². The largest absolute Gasteiger partial charge is 0.371 e. The number of benzene rings is 1. The minimum Gasteiger partial charge on any atom is -0.371 e. The number of nitrogens with one attached hydrogen (secondary N) is 2. The molecule has 0 radical (unpaired) electrons. The predicted molar refractivity (Wildman–Crippen MR) is 92.0 cm³/mol. The molecule has 0 bridgehead atoms. The molecule has 0 aliphatic carbocycles. The molecule has 0 saturated carbocycles. The fourth-order valence-electron chi connectivity index (χ4n) is 2.57. The van der Waals surface area contributed by atoms with Crippen LogP contribution < -0.4 is 10.6 Å². The lowest BCUT2D eigenvalue weighted by Crippen LogP contribution is -2.33. The van der Waals surface area contributed by atoms with Gasteiger partial charge in [-0.05, 0) is 23.6 Å². The van der Waals surface area contributed by atoms with E-state index in [2.05, 4.69) is 20.6 Å². The van der Waals surface area contributed by atoms with Gasteiger partial charge in [0.1, 0.15) is 11.5 Å². The summed E-state index contributed by atoms with van der Waals surface area (Å²) in [6.07, 6.45) is 2.81. The third kappa shape index (κ3) is 4.18. The molecule has 1 fully saturated rings. The number of carbonyl (C=O) groups excluding carboxylic acids is 1. The van der Waals surface area contributed by atoms with E-state index < -0.39 is 11.7 Å². The normalized spacial score (nSPS) is 17.5. The first kappa shape index (κ1) is 17.4. The number of hydrogen-bond donors (Lipinski definition) is 2. The van der Waals surface area contributed by atoms with E-state index in [1.54, 1.807) is 18.3 Å². The van der Waals surface area contributed by atoms with Gasteiger partial charge in [-0.1, -0.05) is 19.9 Å². The number of hydrogen-bond acceptors (Lipinski definition) is 5. The van der Waals surface area contributed by atoms with Gasteiger partial charge in [0.05, 0.1) is 30.3 Å². The number of morpholine rings is 1. The SMILES string of the molecule is CC(C)c1cncc(C(=O)Nc2ccc([C@H]3CNCCO3)cc2F)n1. The quantitative estimate of drug-likeness (QED) is 0.892. The van der Waals surface area contributed by atoms with Crippen molar-refractivity contribution < 1.29 is 13.9 Å². The monoisotopic (exact) mass is 344 g/mol. The summed E-state index contributed by atoms with van der Waals surface area (Å²) >= 11 is 0. The summed E-state index contributed by atoms with van der Waals surface area (Å²) in [7, 11) is 0. The van der Waals surface area contributed by atoms with E-state index in [0.29, 0.717) is 18.8 Å². The van der Waals surface area contributed by atoms with E-state index >= 15 is 0 Å². The van der Waals surface area contributed by atoms with Crippen LogP contribution >= 0.6 is 0 Å². The fourth-order valence-corrected chi connectivity index (χ4v) is 2.57. The zero-order valence-corrected chi connectivity index (χ0v) is 14.3. The lowest BCUT2D eigenvalue weighted by Gasteiger charge is -2.24. The molecule has 7 heteroatoms. The first-order valence-corrected chi connectivity index (χ1v) is 8.29. The molecule has 0 unspecified atom stereocenters. The van der Waals surface area contributed by atoms with E-state index in [1.807, 2.05) is 13.8 Å². The Morgan fingerprint density at radius 2 is 2.24 bits per heavy atom. The van der Waals surface area contributed by atoms with Gasteiger partial charge in [0.15, 0.2) is 0 Å². The number of amides is 1. The third-order valence-electron chi connectivity index (χ3n) is 4.02. The Hall–Kier alpha value is -2.38. The zero-order chi connectivity index (χ0) is 17.8. The summed E-state index contributed by atoms with van der Waals surface area (Å²) in [5.74, 6) is -0.842. The van der Waals surface area contributed by atoms with Gasteiger partial charge in [-0.2, -0.15) is 0 Å². The van der Waals surface area contributed by atoms with Crippen LogP contribution in [-0.2, 0) is 4.74 Å². The molecule has 1 atom stereocenters. The Kier molecular flexibility index (Phi) is 5.35. The molecule has 1 saturated heterocycles. The summed E-state index contributed by atoms with van der Waals surface area (Å²) in [4.78, 5) is 20.6. The summed E-state index contributed by atoms with van der Waals surface area (Å²) in [5.41, 5.74) is 1.72. The minimum atomic E-state index is -0.506. The first-order chi connectivity index (χ1) is 12.0. The average molecular weight is 344 g/mol. The Morgan fingerprint density at radius 3 is 2.92 bits per heavy atom. The van der Waals surface area contributed by atoms with Crippen LogP contribution in [0.5, 0.6) is 0 Å². The highest BCUT2D eigenvalue weighted by Gasteiger charge is 2.18.